The molecule has 0 bridgehead atoms. The lowest BCUT2D eigenvalue weighted by atomic mass is 10.1. The first-order chi connectivity index (χ1) is 10.2. The van der Waals surface area contributed by atoms with E-state index in [2.05, 4.69) is 34.2 Å². The van der Waals surface area contributed by atoms with Crippen LogP contribution < -0.4 is 5.73 Å². The van der Waals surface area contributed by atoms with Crippen LogP contribution in [0.25, 0.3) is 23.0 Å². The SMILES string of the molecule is CC(C)c1cc(-c2nc(-c3ccc(CN)cc3)no2)n[nH]1.Cl. The normalized spacial score (nSPS) is 10.7. The Morgan fingerprint density at radius 1 is 1.23 bits per heavy atom. The van der Waals surface area contributed by atoms with E-state index in [1.54, 1.807) is 0 Å². The van der Waals surface area contributed by atoms with E-state index in [9.17, 15) is 0 Å². The van der Waals surface area contributed by atoms with Gasteiger partial charge in [-0.3, -0.25) is 5.10 Å². The molecule has 1 aromatic carbocycles. The standard InChI is InChI=1S/C15H17N5O.ClH/c1-9(2)12-7-13(19-18-12)15-17-14(20-21-15)11-5-3-10(8-16)4-6-11;/h3-7,9H,8,16H2,1-2H3,(H,18,19);1H. The molecule has 0 radical (unpaired) electrons. The number of aromatic amines is 1. The molecule has 0 aliphatic carbocycles. The fourth-order valence-corrected chi connectivity index (χ4v) is 1.98. The van der Waals surface area contributed by atoms with Gasteiger partial charge in [-0.15, -0.1) is 12.4 Å². The number of halogens is 1. The number of nitrogens with one attached hydrogen (secondary N) is 1. The second-order valence-electron chi connectivity index (χ2n) is 5.19. The van der Waals surface area contributed by atoms with E-state index in [0.717, 1.165) is 16.8 Å². The van der Waals surface area contributed by atoms with Gasteiger partial charge in [0.05, 0.1) is 0 Å². The Morgan fingerprint density at radius 2 is 1.95 bits per heavy atom. The summed E-state index contributed by atoms with van der Waals surface area (Å²) in [6.07, 6.45) is 0. The van der Waals surface area contributed by atoms with Gasteiger partial charge in [0.2, 0.25) is 5.82 Å². The molecule has 6 nitrogen and oxygen atoms in total. The zero-order valence-electron chi connectivity index (χ0n) is 12.4. The van der Waals surface area contributed by atoms with Crippen molar-refractivity contribution in [2.24, 2.45) is 5.73 Å². The summed E-state index contributed by atoms with van der Waals surface area (Å²) in [7, 11) is 0. The van der Waals surface area contributed by atoms with Crippen LogP contribution in [0.3, 0.4) is 0 Å². The monoisotopic (exact) mass is 319 g/mol. The average molecular weight is 320 g/mol. The van der Waals surface area contributed by atoms with Crippen molar-refractivity contribution in [1.29, 1.82) is 0 Å². The van der Waals surface area contributed by atoms with Crippen molar-refractivity contribution >= 4 is 12.4 Å². The van der Waals surface area contributed by atoms with Crippen LogP contribution in [0.5, 0.6) is 0 Å². The van der Waals surface area contributed by atoms with E-state index in [0.29, 0.717) is 29.9 Å². The third kappa shape index (κ3) is 3.18. The topological polar surface area (TPSA) is 93.6 Å². The molecule has 0 unspecified atom stereocenters. The van der Waals surface area contributed by atoms with Crippen LogP contribution in [0.1, 0.15) is 31.0 Å². The van der Waals surface area contributed by atoms with Crippen molar-refractivity contribution in [2.45, 2.75) is 26.3 Å². The fraction of sp³-hybridized carbons (Fsp3) is 0.267. The minimum absolute atomic E-state index is 0. The molecule has 0 spiro atoms. The Morgan fingerprint density at radius 3 is 2.55 bits per heavy atom. The van der Waals surface area contributed by atoms with E-state index >= 15 is 0 Å². The van der Waals surface area contributed by atoms with Gasteiger partial charge in [0.15, 0.2) is 5.69 Å². The third-order valence-corrected chi connectivity index (χ3v) is 3.31. The highest BCUT2D eigenvalue weighted by atomic mass is 35.5. The number of benzene rings is 1. The Hall–Kier alpha value is -2.18. The van der Waals surface area contributed by atoms with Gasteiger partial charge < -0.3 is 10.3 Å². The molecule has 3 aromatic rings. The lowest BCUT2D eigenvalue weighted by Gasteiger charge is -1.97. The van der Waals surface area contributed by atoms with E-state index in [1.807, 2.05) is 30.3 Å². The van der Waals surface area contributed by atoms with Gasteiger partial charge in [-0.1, -0.05) is 43.3 Å². The molecule has 0 aliphatic rings. The number of nitrogens with two attached hydrogens (primary N) is 1. The largest absolute Gasteiger partial charge is 0.332 e. The maximum Gasteiger partial charge on any atom is 0.278 e. The van der Waals surface area contributed by atoms with Gasteiger partial charge in [-0.2, -0.15) is 10.1 Å². The molecule has 0 aliphatic heterocycles. The van der Waals surface area contributed by atoms with E-state index in [1.165, 1.54) is 0 Å². The molecule has 2 aromatic heterocycles. The third-order valence-electron chi connectivity index (χ3n) is 3.31. The van der Waals surface area contributed by atoms with Gasteiger partial charge in [-0.05, 0) is 17.5 Å². The Bertz CT molecular complexity index is 732. The molecular weight excluding hydrogens is 302 g/mol. The minimum atomic E-state index is 0. The molecule has 0 amide bonds. The zero-order chi connectivity index (χ0) is 14.8. The summed E-state index contributed by atoms with van der Waals surface area (Å²) in [5, 5.41) is 11.2. The summed E-state index contributed by atoms with van der Waals surface area (Å²) in [6, 6.07) is 9.70. The molecule has 0 atom stereocenters. The molecule has 3 rings (SSSR count). The second kappa shape index (κ2) is 6.72. The minimum Gasteiger partial charge on any atom is -0.332 e. The molecule has 22 heavy (non-hydrogen) atoms. The highest BCUT2D eigenvalue weighted by Crippen LogP contribution is 2.23. The van der Waals surface area contributed by atoms with Crippen molar-refractivity contribution in [1.82, 2.24) is 20.3 Å². The van der Waals surface area contributed by atoms with Crippen molar-refractivity contribution in [3.63, 3.8) is 0 Å². The lowest BCUT2D eigenvalue weighted by molar-refractivity contribution is 0.431. The zero-order valence-corrected chi connectivity index (χ0v) is 13.2. The molecule has 2 heterocycles. The second-order valence-corrected chi connectivity index (χ2v) is 5.19. The van der Waals surface area contributed by atoms with Crippen LogP contribution in [0.15, 0.2) is 34.9 Å². The molecule has 116 valence electrons. The summed E-state index contributed by atoms with van der Waals surface area (Å²) in [4.78, 5) is 4.39. The van der Waals surface area contributed by atoms with Crippen LogP contribution in [0.4, 0.5) is 0 Å². The van der Waals surface area contributed by atoms with Gasteiger partial charge in [0.1, 0.15) is 0 Å². The molecule has 7 heteroatoms. The number of rotatable bonds is 4. The van der Waals surface area contributed by atoms with Gasteiger partial charge in [0.25, 0.3) is 5.89 Å². The van der Waals surface area contributed by atoms with Crippen molar-refractivity contribution in [3.8, 4) is 23.0 Å². The van der Waals surface area contributed by atoms with Crippen molar-refractivity contribution < 1.29 is 4.52 Å². The number of hydrogen-bond acceptors (Lipinski definition) is 5. The van der Waals surface area contributed by atoms with Crippen molar-refractivity contribution in [3.05, 3.63) is 41.6 Å². The Labute approximate surface area is 134 Å². The van der Waals surface area contributed by atoms with Gasteiger partial charge in [0, 0.05) is 17.8 Å². The molecule has 0 saturated heterocycles. The number of aromatic nitrogens is 4. The van der Waals surface area contributed by atoms with E-state index < -0.39 is 0 Å². The Balaban J connectivity index is 0.00000176. The van der Waals surface area contributed by atoms with E-state index in [4.69, 9.17) is 10.3 Å². The van der Waals surface area contributed by atoms with Crippen molar-refractivity contribution in [2.75, 3.05) is 0 Å². The first-order valence-corrected chi connectivity index (χ1v) is 6.86. The van der Waals surface area contributed by atoms with Crippen LogP contribution >= 0.6 is 12.4 Å². The predicted octanol–water partition coefficient (Wildman–Crippen LogP) is 3.13. The summed E-state index contributed by atoms with van der Waals surface area (Å²) < 4.78 is 5.29. The van der Waals surface area contributed by atoms with Crippen LogP contribution in [-0.2, 0) is 6.54 Å². The maximum atomic E-state index is 5.58. The highest BCUT2D eigenvalue weighted by molar-refractivity contribution is 5.85. The van der Waals surface area contributed by atoms with Crippen LogP contribution in [0.2, 0.25) is 0 Å². The molecule has 0 fully saturated rings. The van der Waals surface area contributed by atoms with Gasteiger partial charge in [-0.25, -0.2) is 0 Å². The van der Waals surface area contributed by atoms with Crippen LogP contribution in [0, 0.1) is 0 Å². The summed E-state index contributed by atoms with van der Waals surface area (Å²) in [6.45, 7) is 4.70. The highest BCUT2D eigenvalue weighted by Gasteiger charge is 2.14. The fourth-order valence-electron chi connectivity index (χ4n) is 1.98. The maximum absolute atomic E-state index is 5.58. The summed E-state index contributed by atoms with van der Waals surface area (Å²) in [5.74, 6) is 1.33. The number of H-pyrrole nitrogens is 1. The quantitative estimate of drug-likeness (QED) is 0.770. The molecular formula is C15H18ClN5O. The first-order valence-electron chi connectivity index (χ1n) is 6.86. The average Bonchev–Trinajstić information content (AvgIpc) is 3.16. The first kappa shape index (κ1) is 16.2. The summed E-state index contributed by atoms with van der Waals surface area (Å²) >= 11 is 0. The number of nitrogens with zero attached hydrogens (tertiary/aromatic N) is 3. The Kier molecular flexibility index (Phi) is 4.95. The molecule has 3 N–H and O–H groups in total. The molecule has 0 saturated carbocycles. The van der Waals surface area contributed by atoms with Crippen LogP contribution in [-0.4, -0.2) is 20.3 Å². The lowest BCUT2D eigenvalue weighted by Crippen LogP contribution is -1.95. The van der Waals surface area contributed by atoms with Gasteiger partial charge >= 0.3 is 0 Å². The van der Waals surface area contributed by atoms with E-state index in [-0.39, 0.29) is 12.4 Å². The summed E-state index contributed by atoms with van der Waals surface area (Å²) in [5.41, 5.74) is 9.24. The number of hydrogen-bond donors (Lipinski definition) is 2. The predicted molar refractivity (Wildman–Crippen MR) is 86.5 cm³/mol. The smallest absolute Gasteiger partial charge is 0.278 e.